The molecule has 140 valence electrons. The Bertz CT molecular complexity index is 1190. The molecule has 0 unspecified atom stereocenters. The van der Waals surface area contributed by atoms with Crippen LogP contribution in [0.4, 0.5) is 4.39 Å². The number of H-pyrrole nitrogens is 1. The minimum atomic E-state index is -0.718. The fraction of sp³-hybridized carbons (Fsp3) is 0.182. The standard InChI is InChI=1S/C22H17FN2O3/c1-11(26)18-21(27)17-10-15-14-7-2-3-8-16(14)24-19(15)20(25(17)22(18)28)12-5-4-6-13(23)9-12/h2-9,17,20,24,26H,10H2,1H3/b18-11-/t17-,20-/m0/s1. The quantitative estimate of drug-likeness (QED) is 0.387. The Morgan fingerprint density at radius 3 is 2.71 bits per heavy atom. The Morgan fingerprint density at radius 1 is 1.18 bits per heavy atom. The zero-order valence-electron chi connectivity index (χ0n) is 15.1. The predicted octanol–water partition coefficient (Wildman–Crippen LogP) is 3.56. The smallest absolute Gasteiger partial charge is 0.262 e. The Kier molecular flexibility index (Phi) is 3.46. The van der Waals surface area contributed by atoms with Crippen LogP contribution in [0.5, 0.6) is 0 Å². The van der Waals surface area contributed by atoms with E-state index >= 15 is 0 Å². The average molecular weight is 376 g/mol. The van der Waals surface area contributed by atoms with Gasteiger partial charge in [-0.1, -0.05) is 30.3 Å². The molecule has 2 atom stereocenters. The van der Waals surface area contributed by atoms with Gasteiger partial charge in [-0.2, -0.15) is 0 Å². The molecule has 0 spiro atoms. The van der Waals surface area contributed by atoms with Crippen molar-refractivity contribution in [2.75, 3.05) is 0 Å². The summed E-state index contributed by atoms with van der Waals surface area (Å²) in [7, 11) is 0. The lowest BCUT2D eigenvalue weighted by Gasteiger charge is -2.37. The number of ketones is 1. The monoisotopic (exact) mass is 376 g/mol. The summed E-state index contributed by atoms with van der Waals surface area (Å²) in [6.07, 6.45) is 0.354. The molecule has 1 amide bonds. The van der Waals surface area contributed by atoms with E-state index in [1.165, 1.54) is 24.0 Å². The van der Waals surface area contributed by atoms with Crippen LogP contribution in [0.25, 0.3) is 10.9 Å². The third kappa shape index (κ3) is 2.17. The van der Waals surface area contributed by atoms with E-state index in [-0.39, 0.29) is 17.1 Å². The highest BCUT2D eigenvalue weighted by Gasteiger charge is 2.52. The van der Waals surface area contributed by atoms with E-state index < -0.39 is 23.8 Å². The molecule has 1 saturated heterocycles. The lowest BCUT2D eigenvalue weighted by Crippen LogP contribution is -2.44. The van der Waals surface area contributed by atoms with Gasteiger partial charge in [0.05, 0.1) is 6.04 Å². The maximum atomic E-state index is 14.0. The number of benzene rings is 2. The highest BCUT2D eigenvalue weighted by atomic mass is 19.1. The summed E-state index contributed by atoms with van der Waals surface area (Å²) in [5, 5.41) is 10.9. The van der Waals surface area contributed by atoms with Crippen molar-refractivity contribution in [3.8, 4) is 0 Å². The second-order valence-electron chi connectivity index (χ2n) is 7.28. The van der Waals surface area contributed by atoms with Gasteiger partial charge >= 0.3 is 0 Å². The van der Waals surface area contributed by atoms with Gasteiger partial charge in [0.2, 0.25) is 0 Å². The molecule has 0 bridgehead atoms. The van der Waals surface area contributed by atoms with Gasteiger partial charge in [-0.3, -0.25) is 9.59 Å². The summed E-state index contributed by atoms with van der Waals surface area (Å²) in [4.78, 5) is 30.8. The lowest BCUT2D eigenvalue weighted by atomic mass is 9.88. The largest absolute Gasteiger partial charge is 0.512 e. The third-order valence-corrected chi connectivity index (χ3v) is 5.66. The molecule has 1 aromatic heterocycles. The van der Waals surface area contributed by atoms with Crippen LogP contribution < -0.4 is 0 Å². The number of hydrogen-bond donors (Lipinski definition) is 2. The molecule has 5 nitrogen and oxygen atoms in total. The maximum Gasteiger partial charge on any atom is 0.262 e. The number of rotatable bonds is 1. The van der Waals surface area contributed by atoms with Crippen LogP contribution in [-0.4, -0.2) is 32.7 Å². The van der Waals surface area contributed by atoms with E-state index in [1.807, 2.05) is 24.3 Å². The summed E-state index contributed by atoms with van der Waals surface area (Å²) in [6.45, 7) is 1.34. The molecule has 6 heteroatoms. The van der Waals surface area contributed by atoms with Crippen molar-refractivity contribution in [2.45, 2.75) is 25.4 Å². The molecule has 2 aliphatic heterocycles. The first-order valence-electron chi connectivity index (χ1n) is 9.09. The zero-order chi connectivity index (χ0) is 19.6. The van der Waals surface area contributed by atoms with E-state index in [0.29, 0.717) is 12.0 Å². The molecule has 0 aliphatic carbocycles. The van der Waals surface area contributed by atoms with Crippen molar-refractivity contribution in [3.63, 3.8) is 0 Å². The maximum absolute atomic E-state index is 14.0. The number of allylic oxidation sites excluding steroid dienone is 1. The molecule has 2 N–H and O–H groups in total. The van der Waals surface area contributed by atoms with Crippen molar-refractivity contribution in [1.82, 2.24) is 9.88 Å². The molecule has 5 rings (SSSR count). The number of aromatic amines is 1. The number of nitrogens with zero attached hydrogens (tertiary/aromatic N) is 1. The van der Waals surface area contributed by atoms with Crippen LogP contribution >= 0.6 is 0 Å². The van der Waals surface area contributed by atoms with E-state index in [0.717, 1.165) is 22.2 Å². The van der Waals surface area contributed by atoms with Gasteiger partial charge in [0.15, 0.2) is 5.78 Å². The number of carbonyl (C=O) groups excluding carboxylic acids is 2. The van der Waals surface area contributed by atoms with Crippen molar-refractivity contribution >= 4 is 22.6 Å². The average Bonchev–Trinajstić information content (AvgIpc) is 3.15. The van der Waals surface area contributed by atoms with Crippen LogP contribution in [0, 0.1) is 5.82 Å². The molecule has 3 aromatic rings. The van der Waals surface area contributed by atoms with Gasteiger partial charge in [0, 0.05) is 23.0 Å². The van der Waals surface area contributed by atoms with Gasteiger partial charge in [0.1, 0.15) is 23.2 Å². The van der Waals surface area contributed by atoms with Crippen LogP contribution in [0.3, 0.4) is 0 Å². The number of Topliss-reactive ketones (excluding diaryl/α,β-unsaturated/α-hetero) is 1. The number of aliphatic hydroxyl groups is 1. The van der Waals surface area contributed by atoms with Gasteiger partial charge < -0.3 is 15.0 Å². The van der Waals surface area contributed by atoms with E-state index in [2.05, 4.69) is 4.98 Å². The molecule has 1 fully saturated rings. The number of para-hydroxylation sites is 1. The number of fused-ring (bicyclic) bond motifs is 4. The molecule has 0 saturated carbocycles. The van der Waals surface area contributed by atoms with Crippen LogP contribution in [-0.2, 0) is 16.0 Å². The number of aliphatic hydroxyl groups excluding tert-OH is 1. The molecule has 28 heavy (non-hydrogen) atoms. The van der Waals surface area contributed by atoms with Gasteiger partial charge in [-0.25, -0.2) is 4.39 Å². The second kappa shape index (κ2) is 5.79. The Hall–Kier alpha value is -3.41. The molecule has 2 aliphatic rings. The van der Waals surface area contributed by atoms with Crippen LogP contribution in [0.1, 0.15) is 29.8 Å². The summed E-state index contributed by atoms with van der Waals surface area (Å²) in [6, 6.07) is 12.5. The number of nitrogens with one attached hydrogen (secondary N) is 1. The molecular formula is C22H17FN2O3. The highest BCUT2D eigenvalue weighted by Crippen LogP contribution is 2.45. The third-order valence-electron chi connectivity index (χ3n) is 5.66. The van der Waals surface area contributed by atoms with Crippen LogP contribution in [0.2, 0.25) is 0 Å². The summed E-state index contributed by atoms with van der Waals surface area (Å²) in [5.41, 5.74) is 3.03. The predicted molar refractivity (Wildman–Crippen MR) is 101 cm³/mol. The van der Waals surface area contributed by atoms with Crippen molar-refractivity contribution in [1.29, 1.82) is 0 Å². The van der Waals surface area contributed by atoms with Crippen molar-refractivity contribution in [2.24, 2.45) is 0 Å². The highest BCUT2D eigenvalue weighted by molar-refractivity contribution is 6.27. The normalized spacial score (nSPS) is 23.1. The Balaban J connectivity index is 1.80. The Morgan fingerprint density at radius 2 is 1.96 bits per heavy atom. The summed E-state index contributed by atoms with van der Waals surface area (Å²) >= 11 is 0. The minimum Gasteiger partial charge on any atom is -0.512 e. The topological polar surface area (TPSA) is 73.4 Å². The Labute approximate surface area is 160 Å². The van der Waals surface area contributed by atoms with E-state index in [4.69, 9.17) is 0 Å². The molecule has 3 heterocycles. The fourth-order valence-electron chi connectivity index (χ4n) is 4.50. The minimum absolute atomic E-state index is 0.180. The lowest BCUT2D eigenvalue weighted by molar-refractivity contribution is -0.129. The fourth-order valence-corrected chi connectivity index (χ4v) is 4.50. The van der Waals surface area contributed by atoms with Crippen molar-refractivity contribution in [3.05, 3.63) is 82.5 Å². The van der Waals surface area contributed by atoms with Gasteiger partial charge in [-0.05, 0) is 36.2 Å². The summed E-state index contributed by atoms with van der Waals surface area (Å²) < 4.78 is 14.0. The first kappa shape index (κ1) is 16.7. The number of hydrogen-bond acceptors (Lipinski definition) is 3. The van der Waals surface area contributed by atoms with Crippen LogP contribution in [0.15, 0.2) is 59.9 Å². The first-order chi connectivity index (χ1) is 13.5. The first-order valence-corrected chi connectivity index (χ1v) is 9.09. The van der Waals surface area contributed by atoms with E-state index in [9.17, 15) is 19.1 Å². The molecular weight excluding hydrogens is 359 g/mol. The number of carbonyl (C=O) groups is 2. The van der Waals surface area contributed by atoms with Gasteiger partial charge in [-0.15, -0.1) is 0 Å². The van der Waals surface area contributed by atoms with E-state index in [1.54, 1.807) is 12.1 Å². The number of aromatic nitrogens is 1. The second-order valence-corrected chi connectivity index (χ2v) is 7.28. The molecule has 2 aromatic carbocycles. The number of amides is 1. The zero-order valence-corrected chi connectivity index (χ0v) is 15.1. The number of halogens is 1. The SMILES string of the molecule is C/C(O)=C1\C(=O)[C@@H]2Cc3c([nH]c4ccccc34)[C@H](c3cccc(F)c3)N2C1=O. The summed E-state index contributed by atoms with van der Waals surface area (Å²) in [5.74, 6) is -1.60. The van der Waals surface area contributed by atoms with Gasteiger partial charge in [0.25, 0.3) is 5.91 Å². The van der Waals surface area contributed by atoms with Crippen molar-refractivity contribution < 1.29 is 19.1 Å². The molecule has 0 radical (unpaired) electrons.